The number of anilines is 1. The molecule has 0 spiro atoms. The Morgan fingerprint density at radius 2 is 2.17 bits per heavy atom. The first kappa shape index (κ1) is 12.4. The van der Waals surface area contributed by atoms with Gasteiger partial charge in [0, 0.05) is 37.3 Å². The average molecular weight is 247 g/mol. The molecule has 1 aromatic rings. The van der Waals surface area contributed by atoms with E-state index in [0.717, 1.165) is 5.56 Å². The second-order valence-corrected chi connectivity index (χ2v) is 4.47. The lowest BCUT2D eigenvalue weighted by molar-refractivity contribution is -0.120. The molecule has 18 heavy (non-hydrogen) atoms. The minimum Gasteiger partial charge on any atom is -0.399 e. The van der Waals surface area contributed by atoms with Crippen molar-refractivity contribution in [3.63, 3.8) is 0 Å². The summed E-state index contributed by atoms with van der Waals surface area (Å²) < 4.78 is 0. The van der Waals surface area contributed by atoms with Gasteiger partial charge in [0.15, 0.2) is 0 Å². The lowest BCUT2D eigenvalue weighted by Gasteiger charge is -2.20. The fourth-order valence-electron chi connectivity index (χ4n) is 2.07. The van der Waals surface area contributed by atoms with E-state index < -0.39 is 0 Å². The van der Waals surface area contributed by atoms with Crippen LogP contribution in [-0.2, 0) is 4.79 Å². The molecule has 0 aromatic heterocycles. The molecule has 1 fully saturated rings. The number of nitrogens with one attached hydrogen (secondary N) is 1. The molecule has 0 atom stereocenters. The molecule has 1 heterocycles. The van der Waals surface area contributed by atoms with Crippen LogP contribution >= 0.6 is 0 Å². The van der Waals surface area contributed by atoms with Crippen molar-refractivity contribution in [1.82, 2.24) is 10.2 Å². The summed E-state index contributed by atoms with van der Waals surface area (Å²) in [5.74, 6) is -0.0386. The van der Waals surface area contributed by atoms with Gasteiger partial charge in [-0.15, -0.1) is 0 Å². The molecule has 2 rings (SSSR count). The molecule has 3 N–H and O–H groups in total. The third kappa shape index (κ3) is 2.61. The predicted octanol–water partition coefficient (Wildman–Crippen LogP) is 0.539. The molecule has 1 aromatic carbocycles. The summed E-state index contributed by atoms with van der Waals surface area (Å²) in [4.78, 5) is 25.3. The molecule has 1 aliphatic rings. The molecule has 0 radical (unpaired) electrons. The lowest BCUT2D eigenvalue weighted by atomic mass is 10.1. The first-order valence-corrected chi connectivity index (χ1v) is 6.00. The number of hydrogen-bond acceptors (Lipinski definition) is 3. The zero-order chi connectivity index (χ0) is 13.1. The largest absolute Gasteiger partial charge is 0.399 e. The fraction of sp³-hybridized carbons (Fsp3) is 0.385. The zero-order valence-electron chi connectivity index (χ0n) is 10.4. The van der Waals surface area contributed by atoms with E-state index in [4.69, 9.17) is 5.73 Å². The number of amides is 2. The highest BCUT2D eigenvalue weighted by molar-refractivity contribution is 5.96. The maximum Gasteiger partial charge on any atom is 0.254 e. The standard InChI is InChI=1S/C13H17N3O2/c1-9-8-10(14)2-3-11(9)13(18)16-6-4-12(17)15-5-7-16/h2-3,8H,4-7,14H2,1H3,(H,15,17). The minimum absolute atomic E-state index is 0.000622. The third-order valence-electron chi connectivity index (χ3n) is 3.08. The van der Waals surface area contributed by atoms with E-state index in [0.29, 0.717) is 37.3 Å². The van der Waals surface area contributed by atoms with E-state index in [9.17, 15) is 9.59 Å². The van der Waals surface area contributed by atoms with Gasteiger partial charge in [-0.1, -0.05) is 0 Å². The quantitative estimate of drug-likeness (QED) is 0.711. The second kappa shape index (κ2) is 5.08. The molecule has 2 amide bonds. The highest BCUT2D eigenvalue weighted by Crippen LogP contribution is 2.15. The number of aryl methyl sites for hydroxylation is 1. The van der Waals surface area contributed by atoms with Crippen LogP contribution in [0.15, 0.2) is 18.2 Å². The molecule has 0 unspecified atom stereocenters. The number of carbonyl (C=O) groups is 2. The summed E-state index contributed by atoms with van der Waals surface area (Å²) in [6, 6.07) is 5.25. The molecule has 1 saturated heterocycles. The van der Waals surface area contributed by atoms with Crippen molar-refractivity contribution in [1.29, 1.82) is 0 Å². The molecular weight excluding hydrogens is 230 g/mol. The molecule has 1 aliphatic heterocycles. The Bertz CT molecular complexity index is 485. The Morgan fingerprint density at radius 3 is 2.89 bits per heavy atom. The maximum absolute atomic E-state index is 12.3. The van der Waals surface area contributed by atoms with Crippen LogP contribution in [0, 0.1) is 6.92 Å². The number of nitrogens with two attached hydrogens (primary N) is 1. The van der Waals surface area contributed by atoms with Gasteiger partial charge in [0.25, 0.3) is 5.91 Å². The molecular formula is C13H17N3O2. The van der Waals surface area contributed by atoms with Crippen molar-refractivity contribution in [2.75, 3.05) is 25.4 Å². The van der Waals surface area contributed by atoms with Gasteiger partial charge in [0.1, 0.15) is 0 Å². The number of carbonyl (C=O) groups excluding carboxylic acids is 2. The molecule has 0 bridgehead atoms. The van der Waals surface area contributed by atoms with Crippen molar-refractivity contribution in [2.45, 2.75) is 13.3 Å². The van der Waals surface area contributed by atoms with Gasteiger partial charge in [-0.2, -0.15) is 0 Å². The fourth-order valence-corrected chi connectivity index (χ4v) is 2.07. The van der Waals surface area contributed by atoms with Crippen LogP contribution in [0.5, 0.6) is 0 Å². The average Bonchev–Trinajstić information content (AvgIpc) is 2.53. The van der Waals surface area contributed by atoms with E-state index in [1.165, 1.54) is 0 Å². The summed E-state index contributed by atoms with van der Waals surface area (Å²) in [6.07, 6.45) is 0.361. The van der Waals surface area contributed by atoms with E-state index in [2.05, 4.69) is 5.32 Å². The highest BCUT2D eigenvalue weighted by atomic mass is 16.2. The van der Waals surface area contributed by atoms with Gasteiger partial charge in [0.2, 0.25) is 5.91 Å². The van der Waals surface area contributed by atoms with Gasteiger partial charge < -0.3 is 16.0 Å². The zero-order valence-corrected chi connectivity index (χ0v) is 10.4. The first-order valence-electron chi connectivity index (χ1n) is 6.00. The van der Waals surface area contributed by atoms with Gasteiger partial charge in [-0.05, 0) is 30.7 Å². The van der Waals surface area contributed by atoms with Gasteiger partial charge in [-0.3, -0.25) is 9.59 Å². The van der Waals surface area contributed by atoms with Crippen LogP contribution in [0.1, 0.15) is 22.3 Å². The van der Waals surface area contributed by atoms with E-state index in [1.807, 2.05) is 6.92 Å². The molecule has 5 heteroatoms. The van der Waals surface area contributed by atoms with E-state index >= 15 is 0 Å². The second-order valence-electron chi connectivity index (χ2n) is 4.47. The van der Waals surface area contributed by atoms with Crippen molar-refractivity contribution in [2.24, 2.45) is 0 Å². The summed E-state index contributed by atoms with van der Waals surface area (Å²) in [5, 5.41) is 2.75. The summed E-state index contributed by atoms with van der Waals surface area (Å²) in [6.45, 7) is 3.40. The highest BCUT2D eigenvalue weighted by Gasteiger charge is 2.20. The van der Waals surface area contributed by atoms with E-state index in [-0.39, 0.29) is 11.8 Å². The predicted molar refractivity (Wildman–Crippen MR) is 69.1 cm³/mol. The summed E-state index contributed by atoms with van der Waals surface area (Å²) in [7, 11) is 0. The number of benzene rings is 1. The Labute approximate surface area is 106 Å². The van der Waals surface area contributed by atoms with Gasteiger partial charge in [0.05, 0.1) is 0 Å². The van der Waals surface area contributed by atoms with E-state index in [1.54, 1.807) is 23.1 Å². The van der Waals surface area contributed by atoms with Crippen molar-refractivity contribution in [3.8, 4) is 0 Å². The number of nitrogens with zero attached hydrogens (tertiary/aromatic N) is 1. The van der Waals surface area contributed by atoms with Crippen LogP contribution < -0.4 is 11.1 Å². The van der Waals surface area contributed by atoms with Crippen LogP contribution in [0.25, 0.3) is 0 Å². The SMILES string of the molecule is Cc1cc(N)ccc1C(=O)N1CCNC(=O)CC1. The summed E-state index contributed by atoms with van der Waals surface area (Å²) >= 11 is 0. The number of rotatable bonds is 1. The smallest absolute Gasteiger partial charge is 0.254 e. The number of nitrogen functional groups attached to an aromatic ring is 1. The van der Waals surface area contributed by atoms with Crippen molar-refractivity contribution in [3.05, 3.63) is 29.3 Å². The Hall–Kier alpha value is -2.04. The minimum atomic E-state index is -0.0380. The van der Waals surface area contributed by atoms with Gasteiger partial charge in [-0.25, -0.2) is 0 Å². The van der Waals surface area contributed by atoms with Crippen LogP contribution in [0.2, 0.25) is 0 Å². The summed E-state index contributed by atoms with van der Waals surface area (Å²) in [5.41, 5.74) is 7.84. The molecule has 96 valence electrons. The maximum atomic E-state index is 12.3. The Morgan fingerprint density at radius 1 is 1.39 bits per heavy atom. The third-order valence-corrected chi connectivity index (χ3v) is 3.08. The van der Waals surface area contributed by atoms with Crippen LogP contribution in [0.4, 0.5) is 5.69 Å². The normalized spacial score (nSPS) is 16.1. The van der Waals surface area contributed by atoms with Crippen LogP contribution in [-0.4, -0.2) is 36.3 Å². The topological polar surface area (TPSA) is 75.4 Å². The van der Waals surface area contributed by atoms with Crippen LogP contribution in [0.3, 0.4) is 0 Å². The number of hydrogen-bond donors (Lipinski definition) is 2. The lowest BCUT2D eigenvalue weighted by Crippen LogP contribution is -2.34. The molecule has 0 aliphatic carbocycles. The van der Waals surface area contributed by atoms with Gasteiger partial charge >= 0.3 is 0 Å². The van der Waals surface area contributed by atoms with Crippen molar-refractivity contribution >= 4 is 17.5 Å². The Balaban J connectivity index is 2.17. The Kier molecular flexibility index (Phi) is 3.50. The van der Waals surface area contributed by atoms with Crippen molar-refractivity contribution < 1.29 is 9.59 Å². The first-order chi connectivity index (χ1) is 8.58. The molecule has 0 saturated carbocycles. The monoisotopic (exact) mass is 247 g/mol. The molecule has 5 nitrogen and oxygen atoms in total.